The van der Waals surface area contributed by atoms with E-state index >= 15 is 0 Å². The molecule has 0 fully saturated rings. The number of unbranched alkanes of at least 4 members (excludes halogenated alkanes) is 2. The molecule has 0 aromatic heterocycles. The maximum atomic E-state index is 3.74. The van der Waals surface area contributed by atoms with Crippen LogP contribution in [0.2, 0.25) is 0 Å². The van der Waals surface area contributed by atoms with Gasteiger partial charge in [-0.15, -0.1) is 0 Å². The van der Waals surface area contributed by atoms with E-state index in [1.165, 1.54) is 32.2 Å². The molecule has 0 saturated carbocycles. The van der Waals surface area contributed by atoms with Gasteiger partial charge in [0.15, 0.2) is 0 Å². The Hall–Kier alpha value is -0.0200. The first-order chi connectivity index (χ1) is 7.76. The lowest BCUT2D eigenvalue weighted by Crippen LogP contribution is -3.11. The maximum absolute atomic E-state index is 3.74. The van der Waals surface area contributed by atoms with Crippen LogP contribution >= 0.6 is 0 Å². The molecule has 0 spiro atoms. The van der Waals surface area contributed by atoms with Gasteiger partial charge in [0.2, 0.25) is 0 Å². The molecule has 0 aliphatic heterocycles. The number of hydrogen-bond acceptors (Lipinski definition) is 0. The molecule has 0 aromatic rings. The first-order valence-corrected chi connectivity index (χ1v) is 6.61. The smallest absolute Gasteiger partial charge is 0.0957 e. The van der Waals surface area contributed by atoms with Crippen molar-refractivity contribution in [2.24, 2.45) is 0 Å². The van der Waals surface area contributed by atoms with Crippen LogP contribution in [0.3, 0.4) is 0 Å². The molecule has 4 N–H and O–H groups in total. The summed E-state index contributed by atoms with van der Waals surface area (Å²) in [4.78, 5) is 1.57. The van der Waals surface area contributed by atoms with Gasteiger partial charge >= 0.3 is 0 Å². The molecule has 2 nitrogen and oxygen atoms in total. The molecule has 0 unspecified atom stereocenters. The minimum absolute atomic E-state index is 0. The summed E-state index contributed by atoms with van der Waals surface area (Å²) in [6.45, 7) is 16.3. The Bertz CT molecular complexity index is 141. The second kappa shape index (κ2) is 25.7. The highest BCUT2D eigenvalue weighted by Crippen LogP contribution is 1.79. The van der Waals surface area contributed by atoms with E-state index < -0.39 is 0 Å². The summed E-state index contributed by atoms with van der Waals surface area (Å²) in [6.07, 6.45) is 9.10. The minimum atomic E-state index is 0. The van der Waals surface area contributed by atoms with E-state index in [0.717, 1.165) is 19.6 Å². The summed E-state index contributed by atoms with van der Waals surface area (Å²) in [5.41, 5.74) is 3.68. The van der Waals surface area contributed by atoms with E-state index in [-0.39, 0.29) is 24.8 Å². The van der Waals surface area contributed by atoms with E-state index in [9.17, 15) is 0 Å². The van der Waals surface area contributed by atoms with Crippen LogP contribution in [-0.4, -0.2) is 26.2 Å². The fourth-order valence-corrected chi connectivity index (χ4v) is 1.37. The fraction of sp³-hybridized carbons (Fsp3) is 0.714. The van der Waals surface area contributed by atoms with Crippen molar-refractivity contribution in [1.29, 1.82) is 0 Å². The molecular formula is C14H32Cl2N2. The molecular weight excluding hydrogens is 267 g/mol. The normalized spacial score (nSPS) is 8.44. The summed E-state index contributed by atoms with van der Waals surface area (Å²) < 4.78 is 0. The van der Waals surface area contributed by atoms with Gasteiger partial charge in [-0.2, -0.15) is 0 Å². The molecule has 0 aliphatic carbocycles. The number of quaternary nitrogens is 2. The number of rotatable bonds is 9. The Morgan fingerprint density at radius 1 is 0.944 bits per heavy atom. The van der Waals surface area contributed by atoms with Crippen molar-refractivity contribution in [3.05, 3.63) is 25.3 Å². The lowest BCUT2D eigenvalue weighted by molar-refractivity contribution is -0.888. The predicted molar refractivity (Wildman–Crippen MR) is 73.5 cm³/mol. The van der Waals surface area contributed by atoms with Crippen LogP contribution in [0.4, 0.5) is 0 Å². The second-order valence-corrected chi connectivity index (χ2v) is 4.05. The van der Waals surface area contributed by atoms with Crippen molar-refractivity contribution in [2.45, 2.75) is 39.5 Å². The van der Waals surface area contributed by atoms with Crippen molar-refractivity contribution in [3.8, 4) is 0 Å². The van der Waals surface area contributed by atoms with Crippen LogP contribution < -0.4 is 35.4 Å². The maximum Gasteiger partial charge on any atom is 0.0957 e. The Morgan fingerprint density at radius 3 is 1.61 bits per heavy atom. The van der Waals surface area contributed by atoms with Crippen LogP contribution in [0, 0.1) is 0 Å². The summed E-state index contributed by atoms with van der Waals surface area (Å²) in [5, 5.41) is 0. The van der Waals surface area contributed by atoms with Gasteiger partial charge in [0.05, 0.1) is 26.2 Å². The average molecular weight is 299 g/mol. The molecule has 0 rings (SSSR count). The molecule has 0 bridgehead atoms. The molecule has 18 heavy (non-hydrogen) atoms. The average Bonchev–Trinajstić information content (AvgIpc) is 2.28. The van der Waals surface area contributed by atoms with Crippen LogP contribution in [0.15, 0.2) is 25.3 Å². The number of nitrogens with one attached hydrogen (secondary N) is 1. The van der Waals surface area contributed by atoms with E-state index in [1.54, 1.807) is 4.90 Å². The van der Waals surface area contributed by atoms with Crippen molar-refractivity contribution in [1.82, 2.24) is 0 Å². The van der Waals surface area contributed by atoms with Gasteiger partial charge < -0.3 is 35.4 Å². The van der Waals surface area contributed by atoms with Crippen LogP contribution in [-0.2, 0) is 0 Å². The van der Waals surface area contributed by atoms with Gasteiger partial charge in [-0.05, 0) is 25.0 Å². The molecule has 0 atom stereocenters. The molecule has 0 heterocycles. The van der Waals surface area contributed by atoms with Crippen molar-refractivity contribution >= 4 is 0 Å². The predicted octanol–water partition coefficient (Wildman–Crippen LogP) is -4.92. The Labute approximate surface area is 127 Å². The molecule has 0 saturated heterocycles. The van der Waals surface area contributed by atoms with E-state index in [1.807, 2.05) is 12.2 Å². The molecule has 112 valence electrons. The zero-order valence-electron chi connectivity index (χ0n) is 12.2. The quantitative estimate of drug-likeness (QED) is 0.400. The summed E-state index contributed by atoms with van der Waals surface area (Å²) in [5.74, 6) is 0. The standard InChI is InChI=1S/C10H19N.C4H11N.2ClH/c1-4-7-10-11(8-5-2)9-6-3;1-2-3-4-5;;/h5-6H,2-4,7-10H2,1H3;2-5H2,1H3;2*1H. The fourth-order valence-electron chi connectivity index (χ4n) is 1.37. The number of halogens is 2. The van der Waals surface area contributed by atoms with Crippen LogP contribution in [0.25, 0.3) is 0 Å². The van der Waals surface area contributed by atoms with Crippen LogP contribution in [0.5, 0.6) is 0 Å². The third kappa shape index (κ3) is 25.0. The highest BCUT2D eigenvalue weighted by molar-refractivity contribution is 4.67. The zero-order valence-corrected chi connectivity index (χ0v) is 13.7. The molecule has 0 amide bonds. The SMILES string of the molecule is C=CC[NH+](CC=C)CCCC.CCCC[NH3+].[Cl-].[Cl-]. The van der Waals surface area contributed by atoms with E-state index in [0.29, 0.717) is 0 Å². The third-order valence-corrected chi connectivity index (χ3v) is 2.35. The van der Waals surface area contributed by atoms with Crippen LogP contribution in [0.1, 0.15) is 39.5 Å². The number of hydrogen-bond donors (Lipinski definition) is 2. The van der Waals surface area contributed by atoms with E-state index in [2.05, 4.69) is 32.7 Å². The van der Waals surface area contributed by atoms with Gasteiger partial charge in [-0.3, -0.25) is 0 Å². The van der Waals surface area contributed by atoms with Crippen molar-refractivity contribution in [3.63, 3.8) is 0 Å². The van der Waals surface area contributed by atoms with Gasteiger partial charge in [0.1, 0.15) is 0 Å². The molecule has 4 heteroatoms. The third-order valence-electron chi connectivity index (χ3n) is 2.35. The van der Waals surface area contributed by atoms with Gasteiger partial charge in [-0.25, -0.2) is 0 Å². The summed E-state index contributed by atoms with van der Waals surface area (Å²) >= 11 is 0. The van der Waals surface area contributed by atoms with Crippen molar-refractivity contribution in [2.75, 3.05) is 26.2 Å². The largest absolute Gasteiger partial charge is 1.00 e. The van der Waals surface area contributed by atoms with E-state index in [4.69, 9.17) is 0 Å². The second-order valence-electron chi connectivity index (χ2n) is 4.05. The summed E-state index contributed by atoms with van der Waals surface area (Å²) in [6, 6.07) is 0. The summed E-state index contributed by atoms with van der Waals surface area (Å²) in [7, 11) is 0. The Kier molecular flexibility index (Phi) is 37.9. The lowest BCUT2D eigenvalue weighted by atomic mass is 10.3. The molecule has 0 aliphatic rings. The molecule has 0 radical (unpaired) electrons. The minimum Gasteiger partial charge on any atom is -1.00 e. The first kappa shape index (κ1) is 26.5. The lowest BCUT2D eigenvalue weighted by Gasteiger charge is -2.14. The zero-order chi connectivity index (χ0) is 12.6. The Balaban J connectivity index is -0.000000122. The Morgan fingerprint density at radius 2 is 1.39 bits per heavy atom. The van der Waals surface area contributed by atoms with Gasteiger partial charge in [-0.1, -0.05) is 39.8 Å². The molecule has 0 aromatic carbocycles. The van der Waals surface area contributed by atoms with Gasteiger partial charge in [0, 0.05) is 0 Å². The first-order valence-electron chi connectivity index (χ1n) is 6.61. The highest BCUT2D eigenvalue weighted by atomic mass is 35.5. The van der Waals surface area contributed by atoms with Crippen molar-refractivity contribution < 1.29 is 35.4 Å². The topological polar surface area (TPSA) is 32.1 Å². The highest BCUT2D eigenvalue weighted by Gasteiger charge is 2.00. The van der Waals surface area contributed by atoms with Gasteiger partial charge in [0.25, 0.3) is 0 Å². The monoisotopic (exact) mass is 298 g/mol.